The van der Waals surface area contributed by atoms with Crippen molar-refractivity contribution in [3.8, 4) is 6.07 Å². The van der Waals surface area contributed by atoms with Crippen molar-refractivity contribution in [2.24, 2.45) is 0 Å². The van der Waals surface area contributed by atoms with E-state index in [-0.39, 0.29) is 0 Å². The summed E-state index contributed by atoms with van der Waals surface area (Å²) < 4.78 is 0. The van der Waals surface area contributed by atoms with Crippen LogP contribution in [0.3, 0.4) is 0 Å². The molecular weight excluding hydrogens is 233 g/mol. The summed E-state index contributed by atoms with van der Waals surface area (Å²) >= 11 is 0. The first-order valence-corrected chi connectivity index (χ1v) is 6.16. The summed E-state index contributed by atoms with van der Waals surface area (Å²) in [6.07, 6.45) is 1.90. The molecule has 0 aliphatic rings. The molecule has 0 saturated carbocycles. The van der Waals surface area contributed by atoms with E-state index in [1.165, 1.54) is 0 Å². The highest BCUT2D eigenvalue weighted by Crippen LogP contribution is 2.27. The molecule has 0 atom stereocenters. The minimum atomic E-state index is 0.695. The van der Waals surface area contributed by atoms with Crippen molar-refractivity contribution in [1.82, 2.24) is 5.32 Å². The average molecular weight is 248 g/mol. The molecule has 0 saturated heterocycles. The first-order valence-electron chi connectivity index (χ1n) is 6.16. The fourth-order valence-electron chi connectivity index (χ4n) is 2.01. The fraction of sp³-hybridized carbons (Fsp3) is 0.133. The van der Waals surface area contributed by atoms with Gasteiger partial charge in [-0.1, -0.05) is 31.1 Å². The number of fused-ring (bicyclic) bond motifs is 1. The normalized spacial score (nSPS) is 10.9. The molecule has 0 amide bonds. The molecule has 3 nitrogen and oxygen atoms in total. The Balaban J connectivity index is 2.51. The van der Waals surface area contributed by atoms with Crippen LogP contribution in [0, 0.1) is 11.3 Å². The van der Waals surface area contributed by atoms with Crippen molar-refractivity contribution in [1.29, 1.82) is 5.26 Å². The molecule has 0 aliphatic carbocycles. The molecule has 0 aliphatic heterocycles. The molecule has 4 heteroatoms. The maximum Gasteiger partial charge on any atom is 0.173 e. The number of anilines is 1. The minimum Gasteiger partial charge on any atom is -0.393 e. The lowest BCUT2D eigenvalue weighted by atomic mass is 9.78. The maximum atomic E-state index is 9.14. The average Bonchev–Trinajstić information content (AvgIpc) is 2.47. The number of hydrogen-bond acceptors (Lipinski definition) is 3. The van der Waals surface area contributed by atoms with Gasteiger partial charge in [0.2, 0.25) is 0 Å². The van der Waals surface area contributed by atoms with Gasteiger partial charge in [-0.2, -0.15) is 5.26 Å². The molecule has 0 unspecified atom stereocenters. The predicted octanol–water partition coefficient (Wildman–Crippen LogP) is 2.89. The van der Waals surface area contributed by atoms with Gasteiger partial charge in [0.25, 0.3) is 0 Å². The van der Waals surface area contributed by atoms with E-state index in [9.17, 15) is 0 Å². The Kier molecular flexibility index (Phi) is 4.09. The van der Waals surface area contributed by atoms with Gasteiger partial charge in [-0.05, 0) is 17.7 Å². The monoisotopic (exact) mass is 248 g/mol. The SMILES string of the molecule is C[B]/C(=C/NC)Nc1ccc(C#N)c2ccccc12. The van der Waals surface area contributed by atoms with Gasteiger partial charge in [-0.3, -0.25) is 0 Å². The zero-order valence-corrected chi connectivity index (χ0v) is 11.1. The Morgan fingerprint density at radius 3 is 2.58 bits per heavy atom. The van der Waals surface area contributed by atoms with Gasteiger partial charge in [0.05, 0.1) is 11.6 Å². The summed E-state index contributed by atoms with van der Waals surface area (Å²) in [4.78, 5) is 0. The molecule has 0 aromatic heterocycles. The van der Waals surface area contributed by atoms with Gasteiger partial charge in [-0.15, -0.1) is 0 Å². The van der Waals surface area contributed by atoms with Crippen LogP contribution in [0.2, 0.25) is 6.82 Å². The van der Waals surface area contributed by atoms with E-state index < -0.39 is 0 Å². The van der Waals surface area contributed by atoms with Crippen LogP contribution < -0.4 is 10.6 Å². The molecule has 0 spiro atoms. The van der Waals surface area contributed by atoms with Gasteiger partial charge in [0.15, 0.2) is 7.28 Å². The lowest BCUT2D eigenvalue weighted by Crippen LogP contribution is -2.09. The third-order valence-corrected chi connectivity index (χ3v) is 2.93. The van der Waals surface area contributed by atoms with Gasteiger partial charge in [0, 0.05) is 29.7 Å². The highest BCUT2D eigenvalue weighted by atomic mass is 14.9. The Morgan fingerprint density at radius 2 is 1.95 bits per heavy atom. The molecule has 0 bridgehead atoms. The van der Waals surface area contributed by atoms with Crippen molar-refractivity contribution in [3.05, 3.63) is 53.8 Å². The van der Waals surface area contributed by atoms with Crippen LogP contribution in [-0.2, 0) is 0 Å². The lowest BCUT2D eigenvalue weighted by molar-refractivity contribution is 1.09. The zero-order chi connectivity index (χ0) is 13.7. The molecule has 0 heterocycles. The van der Waals surface area contributed by atoms with Crippen LogP contribution in [0.15, 0.2) is 48.2 Å². The van der Waals surface area contributed by atoms with Crippen LogP contribution in [0.1, 0.15) is 5.56 Å². The minimum absolute atomic E-state index is 0.695. The second-order valence-corrected chi connectivity index (χ2v) is 4.12. The van der Waals surface area contributed by atoms with E-state index in [0.717, 1.165) is 22.1 Å². The highest BCUT2D eigenvalue weighted by Gasteiger charge is 2.06. The molecule has 2 N–H and O–H groups in total. The highest BCUT2D eigenvalue weighted by molar-refractivity contribution is 6.44. The summed E-state index contributed by atoms with van der Waals surface area (Å²) in [6, 6.07) is 13.9. The maximum absolute atomic E-state index is 9.14. The number of nitrogens with one attached hydrogen (secondary N) is 2. The van der Waals surface area contributed by atoms with Crippen molar-refractivity contribution >= 4 is 23.7 Å². The van der Waals surface area contributed by atoms with Crippen molar-refractivity contribution in [3.63, 3.8) is 0 Å². The number of benzene rings is 2. The van der Waals surface area contributed by atoms with E-state index >= 15 is 0 Å². The van der Waals surface area contributed by atoms with Gasteiger partial charge in [-0.25, -0.2) is 0 Å². The fourth-order valence-corrected chi connectivity index (χ4v) is 2.01. The van der Waals surface area contributed by atoms with E-state index in [1.807, 2.05) is 63.7 Å². The summed E-state index contributed by atoms with van der Waals surface area (Å²) in [7, 11) is 3.85. The Labute approximate surface area is 114 Å². The third kappa shape index (κ3) is 2.71. The summed E-state index contributed by atoms with van der Waals surface area (Å²) in [5, 5.41) is 17.5. The first-order chi connectivity index (χ1) is 9.30. The molecule has 2 rings (SSSR count). The molecule has 19 heavy (non-hydrogen) atoms. The quantitative estimate of drug-likeness (QED) is 0.818. The van der Waals surface area contributed by atoms with Crippen LogP contribution in [0.25, 0.3) is 10.8 Å². The van der Waals surface area contributed by atoms with Crippen LogP contribution in [0.4, 0.5) is 5.69 Å². The van der Waals surface area contributed by atoms with Gasteiger partial charge in [0.1, 0.15) is 0 Å². The molecule has 2 aromatic rings. The van der Waals surface area contributed by atoms with Crippen molar-refractivity contribution in [2.75, 3.05) is 12.4 Å². The summed E-state index contributed by atoms with van der Waals surface area (Å²) in [5.74, 6) is 0. The van der Waals surface area contributed by atoms with Crippen LogP contribution in [-0.4, -0.2) is 14.3 Å². The number of rotatable bonds is 4. The van der Waals surface area contributed by atoms with Crippen molar-refractivity contribution in [2.45, 2.75) is 6.82 Å². The van der Waals surface area contributed by atoms with Crippen molar-refractivity contribution < 1.29 is 0 Å². The molecule has 1 radical (unpaired) electrons. The predicted molar refractivity (Wildman–Crippen MR) is 81.0 cm³/mol. The van der Waals surface area contributed by atoms with E-state index in [2.05, 4.69) is 16.7 Å². The smallest absolute Gasteiger partial charge is 0.173 e. The number of hydrogen-bond donors (Lipinski definition) is 2. The number of nitrogens with zero attached hydrogens (tertiary/aromatic N) is 1. The largest absolute Gasteiger partial charge is 0.393 e. The lowest BCUT2D eigenvalue weighted by Gasteiger charge is -2.12. The van der Waals surface area contributed by atoms with Crippen LogP contribution >= 0.6 is 0 Å². The second-order valence-electron chi connectivity index (χ2n) is 4.12. The molecule has 0 fully saturated rings. The Morgan fingerprint density at radius 1 is 1.21 bits per heavy atom. The van der Waals surface area contributed by atoms with E-state index in [0.29, 0.717) is 5.56 Å². The first kappa shape index (κ1) is 13.0. The second kappa shape index (κ2) is 5.97. The van der Waals surface area contributed by atoms with Gasteiger partial charge >= 0.3 is 0 Å². The summed E-state index contributed by atoms with van der Waals surface area (Å²) in [6.45, 7) is 1.97. The van der Waals surface area contributed by atoms with E-state index in [1.54, 1.807) is 0 Å². The summed E-state index contributed by atoms with van der Waals surface area (Å²) in [5.41, 5.74) is 2.67. The topological polar surface area (TPSA) is 47.8 Å². The molecular formula is C15H15BN3. The van der Waals surface area contributed by atoms with Gasteiger partial charge < -0.3 is 10.6 Å². The molecule has 93 valence electrons. The Bertz CT molecular complexity index is 656. The standard InChI is InChI=1S/C15H15BN3/c1-16-15(10-18-2)19-14-8-7-11(9-17)12-5-3-4-6-13(12)14/h3-8,10,18-19H,1-2H3/b15-10-. The number of nitriles is 1. The zero-order valence-electron chi connectivity index (χ0n) is 11.1. The molecule has 2 aromatic carbocycles. The third-order valence-electron chi connectivity index (χ3n) is 2.93. The van der Waals surface area contributed by atoms with Crippen LogP contribution in [0.5, 0.6) is 0 Å². The van der Waals surface area contributed by atoms with E-state index in [4.69, 9.17) is 5.26 Å². The Hall–Kier alpha value is -2.41.